The Bertz CT molecular complexity index is 1160. The van der Waals surface area contributed by atoms with Crippen LogP contribution in [-0.2, 0) is 24.1 Å². The first-order valence-corrected chi connectivity index (χ1v) is 13.0. The van der Waals surface area contributed by atoms with Gasteiger partial charge < -0.3 is 9.80 Å². The van der Waals surface area contributed by atoms with Crippen molar-refractivity contribution in [1.82, 2.24) is 14.9 Å². The number of rotatable bonds is 5. The van der Waals surface area contributed by atoms with Crippen molar-refractivity contribution in [2.75, 3.05) is 31.1 Å². The number of aromatic nitrogens is 2. The molecular formula is C27H32N4OS. The predicted octanol–water partition coefficient (Wildman–Crippen LogP) is 5.13. The second-order valence-electron chi connectivity index (χ2n) is 9.30. The normalized spacial score (nSPS) is 18.8. The molecule has 5 nitrogen and oxygen atoms in total. The third-order valence-corrected chi connectivity index (χ3v) is 7.91. The highest BCUT2D eigenvalue weighted by Gasteiger charge is 2.28. The van der Waals surface area contributed by atoms with Crippen LogP contribution >= 0.6 is 11.3 Å². The van der Waals surface area contributed by atoms with Gasteiger partial charge in [0.1, 0.15) is 16.5 Å². The summed E-state index contributed by atoms with van der Waals surface area (Å²) in [6.07, 6.45) is 9.08. The third-order valence-electron chi connectivity index (χ3n) is 6.76. The van der Waals surface area contributed by atoms with E-state index in [0.29, 0.717) is 0 Å². The van der Waals surface area contributed by atoms with Gasteiger partial charge in [0.2, 0.25) is 5.91 Å². The smallest absolute Gasteiger partial charge is 0.246 e. The quantitative estimate of drug-likeness (QED) is 0.495. The summed E-state index contributed by atoms with van der Waals surface area (Å²) in [5.74, 6) is 2.88. The van der Waals surface area contributed by atoms with E-state index in [1.165, 1.54) is 22.2 Å². The fraction of sp³-hybridized carbons (Fsp3) is 0.444. The molecule has 0 N–H and O–H groups in total. The maximum absolute atomic E-state index is 12.7. The molecule has 2 aromatic heterocycles. The Morgan fingerprint density at radius 2 is 1.94 bits per heavy atom. The number of nitrogens with zero attached hydrogens (tertiary/aromatic N) is 4. The zero-order chi connectivity index (χ0) is 22.8. The van der Waals surface area contributed by atoms with Gasteiger partial charge in [-0.25, -0.2) is 9.97 Å². The van der Waals surface area contributed by atoms with Gasteiger partial charge in [-0.3, -0.25) is 4.79 Å². The second kappa shape index (κ2) is 9.64. The SMILES string of the molecule is CCCc1nc(N2CCN(C(=O)/C=C/c3ccccc3)CC2)c2c3c(sc2n1)CC(C)CC3. The molecule has 6 heteroatoms. The fourth-order valence-corrected chi connectivity index (χ4v) is 6.30. The van der Waals surface area contributed by atoms with Crippen LogP contribution < -0.4 is 4.90 Å². The van der Waals surface area contributed by atoms with Crippen LogP contribution in [0.2, 0.25) is 0 Å². The minimum absolute atomic E-state index is 0.0832. The van der Waals surface area contributed by atoms with E-state index in [-0.39, 0.29) is 5.91 Å². The molecule has 3 heterocycles. The zero-order valence-electron chi connectivity index (χ0n) is 19.6. The standard InChI is InChI=1S/C27H32N4OS/c1-3-7-23-28-26(25-21-12-10-19(2)18-22(21)33-27(25)29-23)31-16-14-30(15-17-31)24(32)13-11-20-8-5-4-6-9-20/h4-6,8-9,11,13,19H,3,7,10,12,14-18H2,1-2H3/b13-11+. The molecule has 0 bridgehead atoms. The van der Waals surface area contributed by atoms with Crippen molar-refractivity contribution in [3.05, 3.63) is 58.2 Å². The Hall–Kier alpha value is -2.73. The van der Waals surface area contributed by atoms with E-state index in [1.807, 2.05) is 52.6 Å². The van der Waals surface area contributed by atoms with Gasteiger partial charge in [-0.1, -0.05) is 44.2 Å². The number of anilines is 1. The van der Waals surface area contributed by atoms with Crippen molar-refractivity contribution in [1.29, 1.82) is 0 Å². The number of thiophene rings is 1. The average Bonchev–Trinajstić information content (AvgIpc) is 3.20. The van der Waals surface area contributed by atoms with Crippen molar-refractivity contribution < 1.29 is 4.79 Å². The van der Waals surface area contributed by atoms with Gasteiger partial charge in [0.05, 0.1) is 5.39 Å². The van der Waals surface area contributed by atoms with Gasteiger partial charge in [0.25, 0.3) is 0 Å². The van der Waals surface area contributed by atoms with Gasteiger partial charge in [-0.15, -0.1) is 11.3 Å². The lowest BCUT2D eigenvalue weighted by molar-refractivity contribution is -0.126. The highest BCUT2D eigenvalue weighted by molar-refractivity contribution is 7.19. The largest absolute Gasteiger partial charge is 0.352 e. The van der Waals surface area contributed by atoms with E-state index in [4.69, 9.17) is 9.97 Å². The summed E-state index contributed by atoms with van der Waals surface area (Å²) in [5.41, 5.74) is 2.53. The Morgan fingerprint density at radius 3 is 2.70 bits per heavy atom. The molecule has 1 atom stereocenters. The summed E-state index contributed by atoms with van der Waals surface area (Å²) in [5, 5.41) is 1.28. The lowest BCUT2D eigenvalue weighted by Gasteiger charge is -2.35. The number of carbonyl (C=O) groups excluding carboxylic acids is 1. The van der Waals surface area contributed by atoms with E-state index >= 15 is 0 Å². The Balaban J connectivity index is 1.36. The molecule has 1 aromatic carbocycles. The Labute approximate surface area is 200 Å². The lowest BCUT2D eigenvalue weighted by Crippen LogP contribution is -2.48. The topological polar surface area (TPSA) is 49.3 Å². The molecule has 0 saturated carbocycles. The summed E-state index contributed by atoms with van der Waals surface area (Å²) in [6, 6.07) is 9.99. The first kappa shape index (κ1) is 22.1. The van der Waals surface area contributed by atoms with E-state index in [0.717, 1.165) is 79.8 Å². The van der Waals surface area contributed by atoms with E-state index < -0.39 is 0 Å². The minimum Gasteiger partial charge on any atom is -0.352 e. The Kier molecular flexibility index (Phi) is 6.45. The van der Waals surface area contributed by atoms with Gasteiger partial charge in [0.15, 0.2) is 0 Å². The molecule has 1 unspecified atom stereocenters. The van der Waals surface area contributed by atoms with E-state index in [9.17, 15) is 4.79 Å². The first-order chi connectivity index (χ1) is 16.1. The molecule has 3 aromatic rings. The van der Waals surface area contributed by atoms with Gasteiger partial charge >= 0.3 is 0 Å². The second-order valence-corrected chi connectivity index (χ2v) is 10.4. The van der Waals surface area contributed by atoms with Crippen molar-refractivity contribution in [3.8, 4) is 0 Å². The van der Waals surface area contributed by atoms with Crippen LogP contribution in [0.25, 0.3) is 16.3 Å². The summed E-state index contributed by atoms with van der Waals surface area (Å²) in [6.45, 7) is 7.59. The van der Waals surface area contributed by atoms with Crippen LogP contribution in [0.15, 0.2) is 36.4 Å². The summed E-state index contributed by atoms with van der Waals surface area (Å²) in [4.78, 5) is 29.8. The van der Waals surface area contributed by atoms with Gasteiger partial charge in [-0.2, -0.15) is 0 Å². The van der Waals surface area contributed by atoms with Crippen LogP contribution in [0, 0.1) is 5.92 Å². The van der Waals surface area contributed by atoms with Crippen LogP contribution in [-0.4, -0.2) is 47.0 Å². The maximum Gasteiger partial charge on any atom is 0.246 e. The summed E-state index contributed by atoms with van der Waals surface area (Å²) < 4.78 is 0. The molecule has 5 rings (SSSR count). The maximum atomic E-state index is 12.7. The Morgan fingerprint density at radius 1 is 1.15 bits per heavy atom. The molecule has 33 heavy (non-hydrogen) atoms. The molecular weight excluding hydrogens is 428 g/mol. The van der Waals surface area contributed by atoms with Crippen LogP contribution in [0.1, 0.15) is 48.5 Å². The summed E-state index contributed by atoms with van der Waals surface area (Å²) in [7, 11) is 0. The highest BCUT2D eigenvalue weighted by Crippen LogP contribution is 2.41. The number of piperazine rings is 1. The number of benzene rings is 1. The third kappa shape index (κ3) is 4.67. The number of fused-ring (bicyclic) bond motifs is 3. The number of hydrogen-bond donors (Lipinski definition) is 0. The predicted molar refractivity (Wildman–Crippen MR) is 137 cm³/mol. The van der Waals surface area contributed by atoms with Crippen molar-refractivity contribution >= 4 is 39.4 Å². The monoisotopic (exact) mass is 460 g/mol. The molecule has 0 spiro atoms. The van der Waals surface area contributed by atoms with Crippen LogP contribution in [0.3, 0.4) is 0 Å². The lowest BCUT2D eigenvalue weighted by atomic mass is 9.89. The number of hydrogen-bond acceptors (Lipinski definition) is 5. The summed E-state index contributed by atoms with van der Waals surface area (Å²) >= 11 is 1.88. The molecule has 1 amide bonds. The fourth-order valence-electron chi connectivity index (χ4n) is 4.91. The van der Waals surface area contributed by atoms with Gasteiger partial charge in [-0.05, 0) is 48.8 Å². The molecule has 172 valence electrons. The number of aryl methyl sites for hydroxylation is 2. The average molecular weight is 461 g/mol. The van der Waals surface area contributed by atoms with E-state index in [2.05, 4.69) is 18.7 Å². The van der Waals surface area contributed by atoms with Gasteiger partial charge in [0, 0.05) is 43.6 Å². The van der Waals surface area contributed by atoms with Crippen LogP contribution in [0.5, 0.6) is 0 Å². The van der Waals surface area contributed by atoms with Crippen molar-refractivity contribution in [2.24, 2.45) is 5.92 Å². The molecule has 1 fully saturated rings. The number of amides is 1. The van der Waals surface area contributed by atoms with Crippen molar-refractivity contribution in [2.45, 2.75) is 46.0 Å². The van der Waals surface area contributed by atoms with Crippen LogP contribution in [0.4, 0.5) is 5.82 Å². The highest BCUT2D eigenvalue weighted by atomic mass is 32.1. The zero-order valence-corrected chi connectivity index (χ0v) is 20.4. The molecule has 1 saturated heterocycles. The first-order valence-electron chi connectivity index (χ1n) is 12.2. The minimum atomic E-state index is 0.0832. The molecule has 1 aliphatic heterocycles. The molecule has 0 radical (unpaired) electrons. The number of carbonyl (C=O) groups is 1. The van der Waals surface area contributed by atoms with Crippen molar-refractivity contribution in [3.63, 3.8) is 0 Å². The molecule has 2 aliphatic rings. The van der Waals surface area contributed by atoms with E-state index in [1.54, 1.807) is 6.08 Å². The molecule has 1 aliphatic carbocycles.